The number of benzene rings is 3. The fourth-order valence-corrected chi connectivity index (χ4v) is 3.95. The van der Waals surface area contributed by atoms with Crippen molar-refractivity contribution in [3.8, 4) is 22.3 Å². The Labute approximate surface area is 184 Å². The number of primary sulfonamides is 1. The van der Waals surface area contributed by atoms with Crippen LogP contribution in [0.1, 0.15) is 23.7 Å². The number of rotatable bonds is 6. The zero-order valence-electron chi connectivity index (χ0n) is 16.4. The maximum Gasteiger partial charge on any atom is 0.251 e. The lowest BCUT2D eigenvalue weighted by Gasteiger charge is -2.13. The lowest BCUT2D eigenvalue weighted by Crippen LogP contribution is -2.24. The van der Waals surface area contributed by atoms with E-state index in [9.17, 15) is 13.2 Å². The summed E-state index contributed by atoms with van der Waals surface area (Å²) in [6, 6.07) is 17.3. The van der Waals surface area contributed by atoms with Gasteiger partial charge in [-0.3, -0.25) is 4.79 Å². The maximum atomic E-state index is 12.6. The molecular formula is C22H22BrN3O3S. The van der Waals surface area contributed by atoms with Gasteiger partial charge in [-0.2, -0.15) is 0 Å². The first-order valence-electron chi connectivity index (χ1n) is 9.31. The summed E-state index contributed by atoms with van der Waals surface area (Å²) < 4.78 is 23.9. The Hall–Kier alpha value is -2.68. The molecule has 0 spiro atoms. The molecule has 0 saturated heterocycles. The standard InChI is InChI=1S/C22H22BrN3O3S/c1-2-9-26-22(27)17-11-15(14-3-6-19(7-4-14)30(25,28)29)10-16(12-17)20-8-5-18(23)13-21(20)24/h3-8,10-13H,2,9,24H2,1H3,(H,26,27)(H2,25,28,29). The summed E-state index contributed by atoms with van der Waals surface area (Å²) in [4.78, 5) is 12.7. The van der Waals surface area contributed by atoms with Crippen molar-refractivity contribution < 1.29 is 13.2 Å². The number of halogens is 1. The summed E-state index contributed by atoms with van der Waals surface area (Å²) in [6.45, 7) is 2.56. The van der Waals surface area contributed by atoms with Crippen molar-refractivity contribution in [1.29, 1.82) is 0 Å². The summed E-state index contributed by atoms with van der Waals surface area (Å²) in [5.74, 6) is -0.184. The van der Waals surface area contributed by atoms with E-state index < -0.39 is 10.0 Å². The molecule has 8 heteroatoms. The van der Waals surface area contributed by atoms with Crippen LogP contribution in [-0.2, 0) is 10.0 Å². The quantitative estimate of drug-likeness (QED) is 0.452. The molecule has 0 aromatic heterocycles. The van der Waals surface area contributed by atoms with E-state index in [-0.39, 0.29) is 10.8 Å². The van der Waals surface area contributed by atoms with Crippen LogP contribution in [-0.4, -0.2) is 20.9 Å². The van der Waals surface area contributed by atoms with E-state index in [0.29, 0.717) is 17.8 Å². The molecule has 0 aliphatic heterocycles. The molecule has 0 unspecified atom stereocenters. The van der Waals surface area contributed by atoms with E-state index in [1.165, 1.54) is 12.1 Å². The third-order valence-corrected chi connectivity index (χ3v) is 5.99. The maximum absolute atomic E-state index is 12.6. The summed E-state index contributed by atoms with van der Waals surface area (Å²) in [5, 5.41) is 8.07. The van der Waals surface area contributed by atoms with Gasteiger partial charge in [-0.05, 0) is 65.6 Å². The van der Waals surface area contributed by atoms with E-state index in [4.69, 9.17) is 10.9 Å². The minimum absolute atomic E-state index is 0.0282. The number of amides is 1. The number of hydrogen-bond donors (Lipinski definition) is 3. The fraction of sp³-hybridized carbons (Fsp3) is 0.136. The number of nitrogens with two attached hydrogens (primary N) is 2. The Morgan fingerprint density at radius 2 is 1.63 bits per heavy atom. The van der Waals surface area contributed by atoms with E-state index >= 15 is 0 Å². The number of sulfonamides is 1. The van der Waals surface area contributed by atoms with Crippen LogP contribution >= 0.6 is 15.9 Å². The summed E-state index contributed by atoms with van der Waals surface area (Å²) >= 11 is 3.41. The minimum Gasteiger partial charge on any atom is -0.398 e. The second-order valence-corrected chi connectivity index (χ2v) is 9.33. The van der Waals surface area contributed by atoms with Crippen LogP contribution in [0.25, 0.3) is 22.3 Å². The van der Waals surface area contributed by atoms with Crippen molar-refractivity contribution in [2.24, 2.45) is 5.14 Å². The van der Waals surface area contributed by atoms with Crippen LogP contribution in [0.5, 0.6) is 0 Å². The topological polar surface area (TPSA) is 115 Å². The van der Waals surface area contributed by atoms with Gasteiger partial charge >= 0.3 is 0 Å². The van der Waals surface area contributed by atoms with Crippen molar-refractivity contribution in [2.75, 3.05) is 12.3 Å². The van der Waals surface area contributed by atoms with E-state index in [0.717, 1.165) is 33.1 Å². The smallest absolute Gasteiger partial charge is 0.251 e. The zero-order valence-corrected chi connectivity index (χ0v) is 18.8. The molecule has 5 N–H and O–H groups in total. The van der Waals surface area contributed by atoms with Crippen LogP contribution < -0.4 is 16.2 Å². The number of anilines is 1. The first kappa shape index (κ1) is 22.0. The van der Waals surface area contributed by atoms with Gasteiger partial charge in [-0.1, -0.05) is 41.1 Å². The van der Waals surface area contributed by atoms with Gasteiger partial charge < -0.3 is 11.1 Å². The van der Waals surface area contributed by atoms with E-state index in [2.05, 4.69) is 21.2 Å². The molecule has 0 radical (unpaired) electrons. The summed E-state index contributed by atoms with van der Waals surface area (Å²) in [6.07, 6.45) is 0.826. The van der Waals surface area contributed by atoms with Gasteiger partial charge in [0, 0.05) is 27.8 Å². The molecule has 0 heterocycles. The Morgan fingerprint density at radius 1 is 0.967 bits per heavy atom. The Bertz CT molecular complexity index is 1190. The van der Waals surface area contributed by atoms with Gasteiger partial charge in [0.05, 0.1) is 4.90 Å². The molecular weight excluding hydrogens is 466 g/mol. The monoisotopic (exact) mass is 487 g/mol. The average Bonchev–Trinajstić information content (AvgIpc) is 2.71. The molecule has 0 fully saturated rings. The van der Waals surface area contributed by atoms with Crippen LogP contribution in [0.2, 0.25) is 0 Å². The van der Waals surface area contributed by atoms with Crippen LogP contribution in [0, 0.1) is 0 Å². The molecule has 0 saturated carbocycles. The second-order valence-electron chi connectivity index (χ2n) is 6.86. The molecule has 0 bridgehead atoms. The predicted molar refractivity (Wildman–Crippen MR) is 123 cm³/mol. The van der Waals surface area contributed by atoms with Gasteiger partial charge in [-0.15, -0.1) is 0 Å². The van der Waals surface area contributed by atoms with Crippen molar-refractivity contribution in [3.05, 3.63) is 70.7 Å². The highest BCUT2D eigenvalue weighted by atomic mass is 79.9. The molecule has 3 aromatic carbocycles. The van der Waals surface area contributed by atoms with Gasteiger partial charge in [0.25, 0.3) is 5.91 Å². The second kappa shape index (κ2) is 8.99. The third kappa shape index (κ3) is 5.08. The molecule has 0 aliphatic rings. The zero-order chi connectivity index (χ0) is 21.9. The summed E-state index contributed by atoms with van der Waals surface area (Å²) in [5.41, 5.74) is 10.4. The average molecular weight is 488 g/mol. The van der Waals surface area contributed by atoms with Gasteiger partial charge in [0.1, 0.15) is 0 Å². The van der Waals surface area contributed by atoms with Crippen LogP contribution in [0.4, 0.5) is 5.69 Å². The molecule has 3 aromatic rings. The van der Waals surface area contributed by atoms with Gasteiger partial charge in [0.2, 0.25) is 10.0 Å². The fourth-order valence-electron chi connectivity index (χ4n) is 3.05. The first-order chi connectivity index (χ1) is 14.2. The Balaban J connectivity index is 2.13. The Kier molecular flexibility index (Phi) is 6.60. The normalized spacial score (nSPS) is 11.3. The van der Waals surface area contributed by atoms with Crippen molar-refractivity contribution >= 4 is 37.5 Å². The minimum atomic E-state index is -3.78. The highest BCUT2D eigenvalue weighted by Crippen LogP contribution is 2.33. The first-order valence-corrected chi connectivity index (χ1v) is 11.6. The largest absolute Gasteiger partial charge is 0.398 e. The molecule has 1 amide bonds. The van der Waals surface area contributed by atoms with Crippen molar-refractivity contribution in [3.63, 3.8) is 0 Å². The number of nitrogens with one attached hydrogen (secondary N) is 1. The molecule has 0 atom stereocenters. The predicted octanol–water partition coefficient (Wildman–Crippen LogP) is 4.15. The third-order valence-electron chi connectivity index (χ3n) is 4.57. The van der Waals surface area contributed by atoms with Crippen LogP contribution in [0.15, 0.2) is 70.0 Å². The van der Waals surface area contributed by atoms with E-state index in [1.807, 2.05) is 25.1 Å². The highest BCUT2D eigenvalue weighted by molar-refractivity contribution is 9.10. The lowest BCUT2D eigenvalue weighted by molar-refractivity contribution is 0.0953. The summed E-state index contributed by atoms with van der Waals surface area (Å²) in [7, 11) is -3.78. The number of carbonyl (C=O) groups excluding carboxylic acids is 1. The Morgan fingerprint density at radius 3 is 2.23 bits per heavy atom. The molecule has 6 nitrogen and oxygen atoms in total. The molecule has 30 heavy (non-hydrogen) atoms. The van der Waals surface area contributed by atoms with E-state index in [1.54, 1.807) is 30.3 Å². The molecule has 156 valence electrons. The van der Waals surface area contributed by atoms with Gasteiger partial charge in [-0.25, -0.2) is 13.6 Å². The van der Waals surface area contributed by atoms with Gasteiger partial charge in [0.15, 0.2) is 0 Å². The number of nitrogen functional groups attached to an aromatic ring is 1. The molecule has 0 aliphatic carbocycles. The highest BCUT2D eigenvalue weighted by Gasteiger charge is 2.14. The molecule has 3 rings (SSSR count). The number of carbonyl (C=O) groups is 1. The van der Waals surface area contributed by atoms with Crippen molar-refractivity contribution in [1.82, 2.24) is 5.32 Å². The SMILES string of the molecule is CCCNC(=O)c1cc(-c2ccc(S(N)(=O)=O)cc2)cc(-c2ccc(Br)cc2N)c1. The lowest BCUT2D eigenvalue weighted by atomic mass is 9.95. The number of hydrogen-bond acceptors (Lipinski definition) is 4. The van der Waals surface area contributed by atoms with Crippen LogP contribution in [0.3, 0.4) is 0 Å². The van der Waals surface area contributed by atoms with Crippen molar-refractivity contribution in [2.45, 2.75) is 18.2 Å².